The number of nitrogens with zero attached hydrogens (tertiary/aromatic N) is 6. The molecule has 0 bridgehead atoms. The van der Waals surface area contributed by atoms with Crippen LogP contribution in [0.25, 0.3) is 50.8 Å². The lowest BCUT2D eigenvalue weighted by Gasteiger charge is -2.08. The minimum atomic E-state index is -3.74. The fourth-order valence-electron chi connectivity index (χ4n) is 7.24. The van der Waals surface area contributed by atoms with Crippen LogP contribution in [0.15, 0.2) is 191 Å². The molecule has 0 unspecified atom stereocenters. The molecule has 0 fully saturated rings. The number of hydrogen-bond donors (Lipinski definition) is 1. The van der Waals surface area contributed by atoms with E-state index in [1.807, 2.05) is 79.2 Å². The number of halogens is 1. The average Bonchev–Trinajstić information content (AvgIpc) is 4.09. The molecule has 0 saturated heterocycles. The summed E-state index contributed by atoms with van der Waals surface area (Å²) in [5, 5.41) is 18.6. The SMILES string of the molecule is CCCc1cc(-c2ccc(F)cc2)n(-c2ccc(S(N)(=O)=O)cc2)n1.Cc1cc(-c2ccccc2)n(-c2ccc(S(C)(=O)=O)cc2)n1.Cc1ccc(-c2ccnn2-c2ccc(S(C)(=O)=O)cc2)cc1. The molecular formula is C52H50FN7O6S3. The molecule has 69 heavy (non-hydrogen) atoms. The molecule has 9 rings (SSSR count). The number of sulfone groups is 2. The summed E-state index contributed by atoms with van der Waals surface area (Å²) in [6, 6.07) is 50.0. The molecule has 3 heterocycles. The second-order valence-electron chi connectivity index (χ2n) is 16.2. The van der Waals surface area contributed by atoms with Gasteiger partial charge in [-0.05, 0) is 136 Å². The third kappa shape index (κ3) is 12.4. The number of sulfonamides is 1. The van der Waals surface area contributed by atoms with Crippen molar-refractivity contribution in [3.05, 3.63) is 199 Å². The van der Waals surface area contributed by atoms with Gasteiger partial charge in [-0.2, -0.15) is 15.3 Å². The van der Waals surface area contributed by atoms with Gasteiger partial charge in [-0.3, -0.25) is 0 Å². The molecule has 0 amide bonds. The molecule has 354 valence electrons. The minimum Gasteiger partial charge on any atom is -0.233 e. The summed E-state index contributed by atoms with van der Waals surface area (Å²) in [4.78, 5) is 0.655. The van der Waals surface area contributed by atoms with E-state index in [1.165, 1.54) is 42.3 Å². The van der Waals surface area contributed by atoms with Gasteiger partial charge < -0.3 is 0 Å². The molecule has 0 spiro atoms. The van der Waals surface area contributed by atoms with E-state index in [0.717, 1.165) is 69.4 Å². The van der Waals surface area contributed by atoms with Crippen LogP contribution in [-0.2, 0) is 36.1 Å². The Bertz CT molecular complexity index is 3520. The normalized spacial score (nSPS) is 11.6. The van der Waals surface area contributed by atoms with Gasteiger partial charge in [0.25, 0.3) is 0 Å². The lowest BCUT2D eigenvalue weighted by atomic mass is 10.1. The Hall–Kier alpha value is -7.31. The maximum Gasteiger partial charge on any atom is 0.238 e. The van der Waals surface area contributed by atoms with Gasteiger partial charge in [-0.25, -0.2) is 48.8 Å². The highest BCUT2D eigenvalue weighted by Gasteiger charge is 2.15. The molecule has 3 aromatic heterocycles. The summed E-state index contributed by atoms with van der Waals surface area (Å²) in [5.74, 6) is -0.305. The quantitative estimate of drug-likeness (QED) is 0.132. The predicted molar refractivity (Wildman–Crippen MR) is 268 cm³/mol. The van der Waals surface area contributed by atoms with Crippen LogP contribution in [0.4, 0.5) is 4.39 Å². The molecule has 0 radical (unpaired) electrons. The summed E-state index contributed by atoms with van der Waals surface area (Å²) >= 11 is 0. The van der Waals surface area contributed by atoms with Crippen LogP contribution >= 0.6 is 0 Å². The number of hydrogen-bond acceptors (Lipinski definition) is 9. The molecular weight excluding hydrogens is 934 g/mol. The Morgan fingerprint density at radius 1 is 0.507 bits per heavy atom. The number of primary sulfonamides is 1. The van der Waals surface area contributed by atoms with Crippen LogP contribution in [0.1, 0.15) is 30.3 Å². The van der Waals surface area contributed by atoms with Crippen molar-refractivity contribution in [3.63, 3.8) is 0 Å². The molecule has 17 heteroatoms. The van der Waals surface area contributed by atoms with E-state index in [9.17, 15) is 29.6 Å². The maximum atomic E-state index is 13.2. The van der Waals surface area contributed by atoms with E-state index in [2.05, 4.69) is 34.4 Å². The maximum absolute atomic E-state index is 13.2. The lowest BCUT2D eigenvalue weighted by Crippen LogP contribution is -2.12. The van der Waals surface area contributed by atoms with Crippen LogP contribution in [0, 0.1) is 19.7 Å². The van der Waals surface area contributed by atoms with Gasteiger partial charge in [0.1, 0.15) is 5.82 Å². The van der Waals surface area contributed by atoms with Crippen molar-refractivity contribution < 1.29 is 29.6 Å². The van der Waals surface area contributed by atoms with Crippen molar-refractivity contribution in [2.75, 3.05) is 12.5 Å². The van der Waals surface area contributed by atoms with Crippen LogP contribution in [0.2, 0.25) is 0 Å². The van der Waals surface area contributed by atoms with Gasteiger partial charge in [-0.15, -0.1) is 0 Å². The first-order valence-electron chi connectivity index (χ1n) is 21.6. The standard InChI is InChI=1S/C18H18FN3O2S.2C17H16N2O2S/c1-2-3-15-12-18(13-4-6-14(19)7-5-13)22(21-15)16-8-10-17(11-9-16)25(20,23)24;1-13-3-5-14(6-4-13)17-11-12-18-19(17)15-7-9-16(10-8-15)22(2,20)21;1-13-12-17(14-6-4-3-5-7-14)19(18-13)15-8-10-16(11-9-15)22(2,20)21/h4-12H,2-3H2,1H3,(H2,20,23,24);2*3-12H,1-2H3. The predicted octanol–water partition coefficient (Wildman–Crippen LogP) is 9.78. The van der Waals surface area contributed by atoms with Crippen LogP contribution in [-0.4, -0.2) is 67.1 Å². The second-order valence-corrected chi connectivity index (χ2v) is 21.8. The van der Waals surface area contributed by atoms with Gasteiger partial charge in [0.2, 0.25) is 10.0 Å². The molecule has 0 saturated carbocycles. The molecule has 2 N–H and O–H groups in total. The largest absolute Gasteiger partial charge is 0.238 e. The van der Waals surface area contributed by atoms with E-state index in [4.69, 9.17) is 5.14 Å². The fourth-order valence-corrected chi connectivity index (χ4v) is 9.02. The third-order valence-corrected chi connectivity index (χ3v) is 13.9. The molecule has 0 aliphatic rings. The van der Waals surface area contributed by atoms with E-state index in [-0.39, 0.29) is 10.7 Å². The third-order valence-electron chi connectivity index (χ3n) is 10.7. The Labute approximate surface area is 402 Å². The Morgan fingerprint density at radius 2 is 0.957 bits per heavy atom. The highest BCUT2D eigenvalue weighted by Crippen LogP contribution is 2.28. The topological polar surface area (TPSA) is 182 Å². The van der Waals surface area contributed by atoms with Crippen molar-refractivity contribution >= 4 is 29.7 Å². The summed E-state index contributed by atoms with van der Waals surface area (Å²) in [6.07, 6.45) is 5.91. The number of nitrogens with two attached hydrogens (primary N) is 1. The average molecular weight is 984 g/mol. The monoisotopic (exact) mass is 983 g/mol. The molecule has 6 aromatic carbocycles. The molecule has 0 aliphatic heterocycles. The molecule has 0 atom stereocenters. The zero-order chi connectivity index (χ0) is 49.5. The van der Waals surface area contributed by atoms with Crippen molar-refractivity contribution in [3.8, 4) is 50.8 Å². The summed E-state index contributed by atoms with van der Waals surface area (Å²) in [6.45, 7) is 6.05. The number of rotatable bonds is 11. The van der Waals surface area contributed by atoms with Crippen molar-refractivity contribution in [2.24, 2.45) is 5.14 Å². The van der Waals surface area contributed by atoms with E-state index < -0.39 is 29.7 Å². The van der Waals surface area contributed by atoms with Crippen molar-refractivity contribution in [1.29, 1.82) is 0 Å². The number of aromatic nitrogens is 6. The number of benzene rings is 6. The first-order valence-corrected chi connectivity index (χ1v) is 26.9. The molecule has 13 nitrogen and oxygen atoms in total. The first-order chi connectivity index (χ1) is 32.8. The highest BCUT2D eigenvalue weighted by atomic mass is 32.2. The fraction of sp³-hybridized carbons (Fsp3) is 0.135. The van der Waals surface area contributed by atoms with Crippen LogP contribution in [0.3, 0.4) is 0 Å². The Morgan fingerprint density at radius 3 is 1.46 bits per heavy atom. The van der Waals surface area contributed by atoms with Gasteiger partial charge in [-0.1, -0.05) is 73.5 Å². The summed E-state index contributed by atoms with van der Waals surface area (Å²) in [7, 11) is -10.1. The van der Waals surface area contributed by atoms with Gasteiger partial charge in [0.05, 0.1) is 66.4 Å². The van der Waals surface area contributed by atoms with E-state index in [0.29, 0.717) is 15.5 Å². The summed E-state index contributed by atoms with van der Waals surface area (Å²) in [5.41, 5.74) is 11.1. The number of aryl methyl sites for hydroxylation is 3. The zero-order valence-corrected chi connectivity index (χ0v) is 40.9. The van der Waals surface area contributed by atoms with Crippen LogP contribution in [0.5, 0.6) is 0 Å². The highest BCUT2D eigenvalue weighted by molar-refractivity contribution is 7.91. The molecule has 9 aromatic rings. The van der Waals surface area contributed by atoms with E-state index in [1.54, 1.807) is 88.4 Å². The first kappa shape index (κ1) is 49.6. The van der Waals surface area contributed by atoms with Gasteiger partial charge in [0, 0.05) is 29.2 Å². The molecule has 0 aliphatic carbocycles. The van der Waals surface area contributed by atoms with Crippen molar-refractivity contribution in [1.82, 2.24) is 29.3 Å². The Kier molecular flexibility index (Phi) is 15.0. The smallest absolute Gasteiger partial charge is 0.233 e. The minimum absolute atomic E-state index is 0.0421. The van der Waals surface area contributed by atoms with Crippen LogP contribution < -0.4 is 5.14 Å². The summed E-state index contributed by atoms with van der Waals surface area (Å²) < 4.78 is 87.6. The Balaban J connectivity index is 0.000000153. The second kappa shape index (κ2) is 20.9. The zero-order valence-electron chi connectivity index (χ0n) is 38.5. The van der Waals surface area contributed by atoms with E-state index >= 15 is 0 Å². The lowest BCUT2D eigenvalue weighted by molar-refractivity contribution is 0.597. The van der Waals surface area contributed by atoms with Gasteiger partial charge in [0.15, 0.2) is 19.7 Å². The van der Waals surface area contributed by atoms with Gasteiger partial charge >= 0.3 is 0 Å². The van der Waals surface area contributed by atoms with Crippen molar-refractivity contribution in [2.45, 2.75) is 48.3 Å².